The number of amides is 1. The fourth-order valence-corrected chi connectivity index (χ4v) is 3.36. The molecule has 5 heteroatoms. The molecule has 0 unspecified atom stereocenters. The summed E-state index contributed by atoms with van der Waals surface area (Å²) in [6, 6.07) is 12.6. The van der Waals surface area contributed by atoms with Crippen molar-refractivity contribution in [2.24, 2.45) is 0 Å². The Kier molecular flexibility index (Phi) is 4.82. The maximum Gasteiger partial charge on any atom is 0.337 e. The highest BCUT2D eigenvalue weighted by Gasteiger charge is 2.45. The number of methoxy groups -OCH3 is 1. The third-order valence-electron chi connectivity index (χ3n) is 4.93. The molecule has 0 aliphatic heterocycles. The first kappa shape index (κ1) is 17.5. The highest BCUT2D eigenvalue weighted by atomic mass is 35.5. The van der Waals surface area contributed by atoms with Gasteiger partial charge in [0.25, 0.3) is 0 Å². The van der Waals surface area contributed by atoms with E-state index in [9.17, 15) is 9.59 Å². The van der Waals surface area contributed by atoms with Gasteiger partial charge in [-0.2, -0.15) is 0 Å². The first-order valence-corrected chi connectivity index (χ1v) is 8.60. The van der Waals surface area contributed by atoms with Gasteiger partial charge in [-0.3, -0.25) is 4.79 Å². The molecule has 25 heavy (non-hydrogen) atoms. The summed E-state index contributed by atoms with van der Waals surface area (Å²) in [4.78, 5) is 24.6. The SMILES string of the molecule is COC(=O)c1ccc(NC(=O)C2(c3ccc(Cl)cc3)CCC2)c(C)c1. The standard InChI is InChI=1S/C20H20ClNO3/c1-13-12-14(18(23)25-2)4-9-17(13)22-19(24)20(10-3-11-20)15-5-7-16(21)8-6-15/h4-9,12H,3,10-11H2,1-2H3,(H,22,24). The first-order chi connectivity index (χ1) is 12.0. The van der Waals surface area contributed by atoms with Crippen LogP contribution < -0.4 is 5.32 Å². The van der Waals surface area contributed by atoms with E-state index in [1.807, 2.05) is 31.2 Å². The normalized spacial score (nSPS) is 15.2. The zero-order chi connectivity index (χ0) is 18.0. The van der Waals surface area contributed by atoms with Gasteiger partial charge in [0, 0.05) is 10.7 Å². The van der Waals surface area contributed by atoms with Gasteiger partial charge in [-0.15, -0.1) is 0 Å². The van der Waals surface area contributed by atoms with Crippen LogP contribution in [0.3, 0.4) is 0 Å². The van der Waals surface area contributed by atoms with Crippen LogP contribution in [-0.4, -0.2) is 19.0 Å². The lowest BCUT2D eigenvalue weighted by molar-refractivity contribution is -0.124. The van der Waals surface area contributed by atoms with Gasteiger partial charge in [-0.05, 0) is 61.2 Å². The topological polar surface area (TPSA) is 55.4 Å². The van der Waals surface area contributed by atoms with Crippen molar-refractivity contribution in [2.75, 3.05) is 12.4 Å². The smallest absolute Gasteiger partial charge is 0.337 e. The molecule has 0 spiro atoms. The summed E-state index contributed by atoms with van der Waals surface area (Å²) < 4.78 is 4.72. The molecule has 2 aromatic carbocycles. The number of esters is 1. The van der Waals surface area contributed by atoms with Crippen LogP contribution in [0.25, 0.3) is 0 Å². The van der Waals surface area contributed by atoms with Crippen LogP contribution in [0.4, 0.5) is 5.69 Å². The van der Waals surface area contributed by atoms with E-state index in [4.69, 9.17) is 16.3 Å². The largest absolute Gasteiger partial charge is 0.465 e. The Hall–Kier alpha value is -2.33. The Bertz CT molecular complexity index is 810. The Labute approximate surface area is 152 Å². The fourth-order valence-electron chi connectivity index (χ4n) is 3.24. The molecule has 130 valence electrons. The molecule has 1 amide bonds. The molecular formula is C20H20ClNO3. The average molecular weight is 358 g/mol. The molecule has 0 aromatic heterocycles. The van der Waals surface area contributed by atoms with Gasteiger partial charge in [-0.25, -0.2) is 4.79 Å². The number of hydrogen-bond acceptors (Lipinski definition) is 3. The number of carbonyl (C=O) groups is 2. The Morgan fingerprint density at radius 1 is 1.12 bits per heavy atom. The van der Waals surface area contributed by atoms with E-state index in [-0.39, 0.29) is 5.91 Å². The molecular weight excluding hydrogens is 338 g/mol. The predicted octanol–water partition coefficient (Wildman–Crippen LogP) is 4.50. The number of halogens is 1. The van der Waals surface area contributed by atoms with E-state index in [1.165, 1.54) is 7.11 Å². The van der Waals surface area contributed by atoms with Crippen molar-refractivity contribution >= 4 is 29.2 Å². The lowest BCUT2D eigenvalue weighted by atomic mass is 9.64. The number of rotatable bonds is 4. The van der Waals surface area contributed by atoms with Crippen LogP contribution in [0.15, 0.2) is 42.5 Å². The van der Waals surface area contributed by atoms with E-state index < -0.39 is 11.4 Å². The maximum absolute atomic E-state index is 13.0. The van der Waals surface area contributed by atoms with Crippen molar-refractivity contribution in [1.29, 1.82) is 0 Å². The van der Waals surface area contributed by atoms with Gasteiger partial charge in [0.1, 0.15) is 0 Å². The van der Waals surface area contributed by atoms with Crippen LogP contribution in [0.1, 0.15) is 40.7 Å². The van der Waals surface area contributed by atoms with Crippen molar-refractivity contribution in [1.82, 2.24) is 0 Å². The molecule has 1 fully saturated rings. The molecule has 4 nitrogen and oxygen atoms in total. The van der Waals surface area contributed by atoms with E-state index in [2.05, 4.69) is 5.32 Å². The minimum atomic E-state index is -0.502. The Morgan fingerprint density at radius 2 is 1.80 bits per heavy atom. The third kappa shape index (κ3) is 3.27. The summed E-state index contributed by atoms with van der Waals surface area (Å²) in [5.74, 6) is -0.410. The molecule has 0 bridgehead atoms. The van der Waals surface area contributed by atoms with Gasteiger partial charge in [0.15, 0.2) is 0 Å². The van der Waals surface area contributed by atoms with E-state index in [1.54, 1.807) is 18.2 Å². The fraction of sp³-hybridized carbons (Fsp3) is 0.300. The number of benzene rings is 2. The Morgan fingerprint density at radius 3 is 2.32 bits per heavy atom. The summed E-state index contributed by atoms with van der Waals surface area (Å²) in [7, 11) is 1.35. The zero-order valence-electron chi connectivity index (χ0n) is 14.3. The molecule has 0 saturated heterocycles. The number of carbonyl (C=O) groups excluding carboxylic acids is 2. The van der Waals surface area contributed by atoms with Gasteiger partial charge < -0.3 is 10.1 Å². The lowest BCUT2D eigenvalue weighted by Crippen LogP contribution is -2.46. The average Bonchev–Trinajstić information content (AvgIpc) is 2.56. The molecule has 3 rings (SSSR count). The maximum atomic E-state index is 13.0. The number of ether oxygens (including phenoxy) is 1. The Balaban J connectivity index is 1.83. The summed E-state index contributed by atoms with van der Waals surface area (Å²) in [6.45, 7) is 1.86. The quantitative estimate of drug-likeness (QED) is 0.820. The lowest BCUT2D eigenvalue weighted by Gasteiger charge is -2.40. The highest BCUT2D eigenvalue weighted by molar-refractivity contribution is 6.30. The summed E-state index contributed by atoms with van der Waals surface area (Å²) in [6.07, 6.45) is 2.66. The minimum absolute atomic E-state index is 0.0185. The molecule has 0 atom stereocenters. The predicted molar refractivity (Wildman–Crippen MR) is 98.1 cm³/mol. The molecule has 0 radical (unpaired) electrons. The summed E-state index contributed by atoms with van der Waals surface area (Å²) >= 11 is 5.97. The van der Waals surface area contributed by atoms with Crippen LogP contribution in [0.5, 0.6) is 0 Å². The molecule has 0 heterocycles. The van der Waals surface area contributed by atoms with Crippen LogP contribution in [-0.2, 0) is 14.9 Å². The highest BCUT2D eigenvalue weighted by Crippen LogP contribution is 2.45. The van der Waals surface area contributed by atoms with E-state index in [0.29, 0.717) is 16.3 Å². The number of aryl methyl sites for hydroxylation is 1. The van der Waals surface area contributed by atoms with Crippen molar-refractivity contribution in [2.45, 2.75) is 31.6 Å². The van der Waals surface area contributed by atoms with E-state index >= 15 is 0 Å². The summed E-state index contributed by atoms with van der Waals surface area (Å²) in [5, 5.41) is 3.69. The zero-order valence-corrected chi connectivity index (χ0v) is 15.0. The molecule has 1 N–H and O–H groups in total. The van der Waals surface area contributed by atoms with Gasteiger partial charge in [-0.1, -0.05) is 30.2 Å². The first-order valence-electron chi connectivity index (χ1n) is 8.23. The van der Waals surface area contributed by atoms with Crippen molar-refractivity contribution in [3.8, 4) is 0 Å². The van der Waals surface area contributed by atoms with Crippen LogP contribution in [0.2, 0.25) is 5.02 Å². The molecule has 1 aliphatic rings. The van der Waals surface area contributed by atoms with Crippen molar-refractivity contribution < 1.29 is 14.3 Å². The number of nitrogens with one attached hydrogen (secondary N) is 1. The molecule has 1 saturated carbocycles. The molecule has 2 aromatic rings. The van der Waals surface area contributed by atoms with Gasteiger partial charge in [0.2, 0.25) is 5.91 Å². The van der Waals surface area contributed by atoms with Crippen molar-refractivity contribution in [3.05, 3.63) is 64.2 Å². The number of hydrogen-bond donors (Lipinski definition) is 1. The van der Waals surface area contributed by atoms with Crippen LogP contribution >= 0.6 is 11.6 Å². The van der Waals surface area contributed by atoms with E-state index in [0.717, 1.165) is 30.4 Å². The van der Waals surface area contributed by atoms with Crippen LogP contribution in [0, 0.1) is 6.92 Å². The second-order valence-electron chi connectivity index (χ2n) is 6.42. The molecule has 1 aliphatic carbocycles. The monoisotopic (exact) mass is 357 g/mol. The second-order valence-corrected chi connectivity index (χ2v) is 6.85. The van der Waals surface area contributed by atoms with Gasteiger partial charge in [0.05, 0.1) is 18.1 Å². The minimum Gasteiger partial charge on any atom is -0.465 e. The van der Waals surface area contributed by atoms with Crippen molar-refractivity contribution in [3.63, 3.8) is 0 Å². The third-order valence-corrected chi connectivity index (χ3v) is 5.19. The van der Waals surface area contributed by atoms with Gasteiger partial charge >= 0.3 is 5.97 Å². The summed E-state index contributed by atoms with van der Waals surface area (Å²) in [5.41, 5.74) is 2.48. The number of anilines is 1. The second kappa shape index (κ2) is 6.89.